The van der Waals surface area contributed by atoms with E-state index in [9.17, 15) is 4.79 Å². The van der Waals surface area contributed by atoms with E-state index in [2.05, 4.69) is 90.7 Å². The SMILES string of the molecule is C[C@@H]1CC(=O)C2=C(C1)N(Cc1ccccc1)c1ccccc1S[C@@H]2c1ccccc1. The number of rotatable bonds is 3. The van der Waals surface area contributed by atoms with E-state index in [0.29, 0.717) is 18.1 Å². The van der Waals surface area contributed by atoms with Crippen LogP contribution in [0.3, 0.4) is 0 Å². The first-order valence-electron chi connectivity index (χ1n) is 10.6. The molecular formula is C27H25NOS. The molecule has 0 bridgehead atoms. The number of hydrogen-bond acceptors (Lipinski definition) is 3. The molecule has 2 aliphatic rings. The molecule has 2 atom stereocenters. The number of carbonyl (C=O) groups is 1. The maximum atomic E-state index is 13.4. The van der Waals surface area contributed by atoms with Crippen molar-refractivity contribution >= 4 is 23.2 Å². The van der Waals surface area contributed by atoms with Crippen LogP contribution in [0.25, 0.3) is 0 Å². The lowest BCUT2D eigenvalue weighted by molar-refractivity contribution is -0.117. The standard InChI is InChI=1S/C27H25NOS/c1-19-16-23-26(24(29)17-19)27(21-12-6-3-7-13-21)30-25-15-9-8-14-22(25)28(23)18-20-10-4-2-5-11-20/h2-15,19,27H,16-18H2,1H3/t19-,27+/m0/s1. The van der Waals surface area contributed by atoms with E-state index in [4.69, 9.17) is 0 Å². The quantitative estimate of drug-likeness (QED) is 0.473. The molecule has 0 N–H and O–H groups in total. The van der Waals surface area contributed by atoms with Gasteiger partial charge in [-0.25, -0.2) is 0 Å². The van der Waals surface area contributed by atoms with Crippen LogP contribution in [0.5, 0.6) is 0 Å². The monoisotopic (exact) mass is 411 g/mol. The summed E-state index contributed by atoms with van der Waals surface area (Å²) in [6.45, 7) is 2.97. The normalized spacial score (nSPS) is 21.1. The van der Waals surface area contributed by atoms with Crippen molar-refractivity contribution in [1.29, 1.82) is 0 Å². The van der Waals surface area contributed by atoms with E-state index >= 15 is 0 Å². The number of para-hydroxylation sites is 1. The molecule has 3 aromatic carbocycles. The summed E-state index contributed by atoms with van der Waals surface area (Å²) in [5, 5.41) is 0.0307. The fourth-order valence-electron chi connectivity index (χ4n) is 4.57. The number of allylic oxidation sites excluding steroid dienone is 1. The maximum absolute atomic E-state index is 13.4. The Morgan fingerprint density at radius 3 is 2.30 bits per heavy atom. The first-order chi connectivity index (χ1) is 14.7. The molecule has 0 unspecified atom stereocenters. The van der Waals surface area contributed by atoms with Crippen molar-refractivity contribution in [3.8, 4) is 0 Å². The summed E-state index contributed by atoms with van der Waals surface area (Å²) in [7, 11) is 0. The topological polar surface area (TPSA) is 20.3 Å². The average Bonchev–Trinajstić information content (AvgIpc) is 2.90. The lowest BCUT2D eigenvalue weighted by atomic mass is 9.83. The van der Waals surface area contributed by atoms with E-state index < -0.39 is 0 Å². The summed E-state index contributed by atoms with van der Waals surface area (Å²) < 4.78 is 0. The molecule has 0 aromatic heterocycles. The van der Waals surface area contributed by atoms with Gasteiger partial charge in [0.15, 0.2) is 5.78 Å². The average molecular weight is 412 g/mol. The van der Waals surface area contributed by atoms with Gasteiger partial charge in [0.05, 0.1) is 10.9 Å². The van der Waals surface area contributed by atoms with Crippen molar-refractivity contribution < 1.29 is 4.79 Å². The molecule has 150 valence electrons. The second kappa shape index (κ2) is 8.16. The molecule has 0 spiro atoms. The van der Waals surface area contributed by atoms with Gasteiger partial charge in [-0.05, 0) is 35.6 Å². The Bertz CT molecular complexity index is 1090. The zero-order valence-corrected chi connectivity index (χ0v) is 17.9. The first kappa shape index (κ1) is 19.2. The summed E-state index contributed by atoms with van der Waals surface area (Å²) in [4.78, 5) is 17.1. The predicted octanol–water partition coefficient (Wildman–Crippen LogP) is 6.79. The molecule has 1 aliphatic heterocycles. The fraction of sp³-hybridized carbons (Fsp3) is 0.222. The van der Waals surface area contributed by atoms with Gasteiger partial charge in [-0.2, -0.15) is 0 Å². The number of Topliss-reactive ketones (excluding diaryl/α,β-unsaturated/α-hetero) is 1. The molecule has 2 nitrogen and oxygen atoms in total. The minimum absolute atomic E-state index is 0.0307. The van der Waals surface area contributed by atoms with Crippen molar-refractivity contribution in [3.05, 3.63) is 107 Å². The van der Waals surface area contributed by atoms with Crippen molar-refractivity contribution in [3.63, 3.8) is 0 Å². The number of nitrogens with zero attached hydrogens (tertiary/aromatic N) is 1. The highest BCUT2D eigenvalue weighted by molar-refractivity contribution is 8.00. The van der Waals surface area contributed by atoms with Crippen molar-refractivity contribution in [2.75, 3.05) is 4.90 Å². The molecular weight excluding hydrogens is 386 g/mol. The molecule has 0 radical (unpaired) electrons. The molecule has 30 heavy (non-hydrogen) atoms. The molecule has 3 heteroatoms. The van der Waals surface area contributed by atoms with Crippen LogP contribution in [0.2, 0.25) is 0 Å². The Morgan fingerprint density at radius 1 is 0.867 bits per heavy atom. The highest BCUT2D eigenvalue weighted by Crippen LogP contribution is 2.52. The number of benzene rings is 3. The van der Waals surface area contributed by atoms with Gasteiger partial charge in [0.1, 0.15) is 0 Å². The highest BCUT2D eigenvalue weighted by atomic mass is 32.2. The van der Waals surface area contributed by atoms with Gasteiger partial charge >= 0.3 is 0 Å². The second-order valence-corrected chi connectivity index (χ2v) is 9.39. The smallest absolute Gasteiger partial charge is 0.162 e. The Kier molecular flexibility index (Phi) is 5.22. The largest absolute Gasteiger partial charge is 0.339 e. The summed E-state index contributed by atoms with van der Waals surface area (Å²) in [5.74, 6) is 0.664. The lowest BCUT2D eigenvalue weighted by Crippen LogP contribution is -2.30. The van der Waals surface area contributed by atoms with Crippen LogP contribution in [-0.4, -0.2) is 5.78 Å². The number of carbonyl (C=O) groups excluding carboxylic acids is 1. The molecule has 1 aliphatic carbocycles. The Morgan fingerprint density at radius 2 is 1.53 bits per heavy atom. The van der Waals surface area contributed by atoms with Gasteiger partial charge in [0, 0.05) is 29.1 Å². The molecule has 0 saturated carbocycles. The molecule has 3 aromatic rings. The Hall–Kier alpha value is -2.78. The van der Waals surface area contributed by atoms with E-state index in [1.807, 2.05) is 17.8 Å². The maximum Gasteiger partial charge on any atom is 0.162 e. The van der Waals surface area contributed by atoms with Crippen molar-refractivity contribution in [2.24, 2.45) is 5.92 Å². The number of thioether (sulfide) groups is 1. The summed E-state index contributed by atoms with van der Waals surface area (Å²) >= 11 is 1.82. The Balaban J connectivity index is 1.72. The van der Waals surface area contributed by atoms with Crippen LogP contribution in [0, 0.1) is 5.92 Å². The van der Waals surface area contributed by atoms with Gasteiger partial charge in [-0.1, -0.05) is 79.7 Å². The van der Waals surface area contributed by atoms with E-state index in [1.54, 1.807) is 0 Å². The van der Waals surface area contributed by atoms with E-state index in [0.717, 1.165) is 18.5 Å². The van der Waals surface area contributed by atoms with Crippen LogP contribution in [0.1, 0.15) is 36.1 Å². The van der Waals surface area contributed by atoms with Gasteiger partial charge in [-0.3, -0.25) is 4.79 Å². The summed E-state index contributed by atoms with van der Waals surface area (Å²) in [6.07, 6.45) is 1.57. The van der Waals surface area contributed by atoms with Gasteiger partial charge in [0.2, 0.25) is 0 Å². The predicted molar refractivity (Wildman–Crippen MR) is 125 cm³/mol. The van der Waals surface area contributed by atoms with Crippen LogP contribution in [0.4, 0.5) is 5.69 Å². The molecule has 5 rings (SSSR count). The fourth-order valence-corrected chi connectivity index (χ4v) is 5.96. The van der Waals surface area contributed by atoms with Crippen LogP contribution >= 0.6 is 11.8 Å². The molecule has 0 saturated heterocycles. The Labute approximate surface area is 182 Å². The van der Waals surface area contributed by atoms with Gasteiger partial charge in [0.25, 0.3) is 0 Å². The van der Waals surface area contributed by atoms with Crippen LogP contribution < -0.4 is 4.90 Å². The molecule has 1 heterocycles. The number of ketones is 1. The number of fused-ring (bicyclic) bond motifs is 1. The molecule has 0 fully saturated rings. The zero-order valence-electron chi connectivity index (χ0n) is 17.1. The van der Waals surface area contributed by atoms with Crippen LogP contribution in [0.15, 0.2) is 101 Å². The van der Waals surface area contributed by atoms with Gasteiger partial charge in [-0.15, -0.1) is 11.8 Å². The second-order valence-electron chi connectivity index (χ2n) is 8.25. The zero-order chi connectivity index (χ0) is 20.5. The minimum atomic E-state index is 0.0307. The third-order valence-corrected chi connectivity index (χ3v) is 7.30. The highest BCUT2D eigenvalue weighted by Gasteiger charge is 2.37. The third-order valence-electron chi connectivity index (χ3n) is 5.96. The van der Waals surface area contributed by atoms with Crippen molar-refractivity contribution in [2.45, 2.75) is 36.5 Å². The van der Waals surface area contributed by atoms with Crippen LogP contribution in [-0.2, 0) is 11.3 Å². The number of anilines is 1. The third kappa shape index (κ3) is 3.59. The van der Waals surface area contributed by atoms with Gasteiger partial charge < -0.3 is 4.90 Å². The van der Waals surface area contributed by atoms with E-state index in [-0.39, 0.29) is 5.25 Å². The minimum Gasteiger partial charge on any atom is -0.339 e. The number of hydrogen-bond donors (Lipinski definition) is 0. The van der Waals surface area contributed by atoms with E-state index in [1.165, 1.54) is 27.4 Å². The first-order valence-corrected chi connectivity index (χ1v) is 11.5. The summed E-state index contributed by atoms with van der Waals surface area (Å²) in [5.41, 5.74) is 5.87. The van der Waals surface area contributed by atoms with Crippen molar-refractivity contribution in [1.82, 2.24) is 0 Å². The summed E-state index contributed by atoms with van der Waals surface area (Å²) in [6, 6.07) is 29.7. The lowest BCUT2D eigenvalue weighted by Gasteiger charge is -2.34. The molecule has 0 amide bonds.